The summed E-state index contributed by atoms with van der Waals surface area (Å²) in [6.07, 6.45) is 5.61. The summed E-state index contributed by atoms with van der Waals surface area (Å²) in [5.41, 5.74) is 4.21. The highest BCUT2D eigenvalue weighted by Crippen LogP contribution is 2.50. The molecule has 2 aliphatic rings. The Labute approximate surface area is 147 Å². The molecule has 1 aliphatic carbocycles. The van der Waals surface area contributed by atoms with Crippen LogP contribution in [0.5, 0.6) is 5.75 Å². The molecule has 0 saturated carbocycles. The van der Waals surface area contributed by atoms with Crippen LogP contribution in [0.1, 0.15) is 39.9 Å². The van der Waals surface area contributed by atoms with Gasteiger partial charge in [0.05, 0.1) is 25.8 Å². The van der Waals surface area contributed by atoms with Crippen molar-refractivity contribution < 1.29 is 14.3 Å². The summed E-state index contributed by atoms with van der Waals surface area (Å²) in [7, 11) is 3.10. The lowest BCUT2D eigenvalue weighted by atomic mass is 9.77. The van der Waals surface area contributed by atoms with E-state index < -0.39 is 0 Å². The number of allylic oxidation sites excluding steroid dienone is 2. The van der Waals surface area contributed by atoms with E-state index in [1.807, 2.05) is 30.3 Å². The van der Waals surface area contributed by atoms with E-state index in [1.54, 1.807) is 7.11 Å². The summed E-state index contributed by atoms with van der Waals surface area (Å²) in [5.74, 6) is 1.43. The molecule has 1 heterocycles. The largest absolute Gasteiger partial charge is 0.497 e. The van der Waals surface area contributed by atoms with Crippen LogP contribution in [0.2, 0.25) is 0 Å². The molecule has 25 heavy (non-hydrogen) atoms. The summed E-state index contributed by atoms with van der Waals surface area (Å²) in [4.78, 5) is 11.6. The quantitative estimate of drug-likeness (QED) is 0.671. The number of benzene rings is 2. The van der Waals surface area contributed by atoms with Crippen LogP contribution in [0.25, 0.3) is 0 Å². The van der Waals surface area contributed by atoms with Crippen LogP contribution < -0.4 is 10.1 Å². The van der Waals surface area contributed by atoms with Gasteiger partial charge in [-0.15, -0.1) is 0 Å². The zero-order valence-corrected chi connectivity index (χ0v) is 14.4. The van der Waals surface area contributed by atoms with E-state index in [4.69, 9.17) is 9.47 Å². The standard InChI is InChI=1S/C21H21NO3/c1-24-15-10-11-19-18(12-15)16-4-3-5-17(16)20(22-19)13-6-8-14(9-7-13)21(23)25-2/h3-4,6-12,16-17,20,22H,5H2,1-2H3/t16-,17-,20-/m0/s1. The monoisotopic (exact) mass is 335 g/mol. The number of esters is 1. The maximum absolute atomic E-state index is 11.6. The molecule has 0 saturated heterocycles. The van der Waals surface area contributed by atoms with E-state index >= 15 is 0 Å². The van der Waals surface area contributed by atoms with Crippen molar-refractivity contribution in [1.29, 1.82) is 0 Å². The first-order valence-electron chi connectivity index (χ1n) is 8.50. The van der Waals surface area contributed by atoms with Gasteiger partial charge in [0.2, 0.25) is 0 Å². The molecule has 0 radical (unpaired) electrons. The molecule has 3 atom stereocenters. The maximum atomic E-state index is 11.6. The van der Waals surface area contributed by atoms with Crippen LogP contribution in [0.3, 0.4) is 0 Å². The molecule has 0 unspecified atom stereocenters. The van der Waals surface area contributed by atoms with Crippen molar-refractivity contribution in [2.45, 2.75) is 18.4 Å². The third kappa shape index (κ3) is 2.68. The third-order valence-electron chi connectivity index (χ3n) is 5.26. The number of fused-ring (bicyclic) bond motifs is 3. The van der Waals surface area contributed by atoms with E-state index in [1.165, 1.54) is 18.2 Å². The molecule has 4 nitrogen and oxygen atoms in total. The zero-order valence-electron chi connectivity index (χ0n) is 14.4. The van der Waals surface area contributed by atoms with E-state index in [0.29, 0.717) is 17.4 Å². The molecular weight excluding hydrogens is 314 g/mol. The van der Waals surface area contributed by atoms with Crippen molar-refractivity contribution in [3.63, 3.8) is 0 Å². The highest BCUT2D eigenvalue weighted by atomic mass is 16.5. The molecule has 1 N–H and O–H groups in total. The molecule has 0 bridgehead atoms. The van der Waals surface area contributed by atoms with E-state index in [9.17, 15) is 4.79 Å². The Balaban J connectivity index is 1.68. The Morgan fingerprint density at radius 1 is 1.12 bits per heavy atom. The summed E-state index contributed by atoms with van der Waals surface area (Å²) >= 11 is 0. The number of hydrogen-bond acceptors (Lipinski definition) is 4. The Bertz CT molecular complexity index is 826. The Morgan fingerprint density at radius 2 is 1.92 bits per heavy atom. The van der Waals surface area contributed by atoms with Gasteiger partial charge in [-0.25, -0.2) is 4.79 Å². The summed E-state index contributed by atoms with van der Waals surface area (Å²) in [5, 5.41) is 3.69. The SMILES string of the molecule is COC(=O)c1ccc([C@@H]2Nc3ccc(OC)cc3[C@H]3C=CC[C@@H]32)cc1. The number of nitrogens with one attached hydrogen (secondary N) is 1. The molecule has 2 aromatic rings. The second-order valence-electron chi connectivity index (χ2n) is 6.54. The minimum Gasteiger partial charge on any atom is -0.497 e. The van der Waals surface area contributed by atoms with Crippen molar-refractivity contribution in [2.75, 3.05) is 19.5 Å². The van der Waals surface area contributed by atoms with Crippen LogP contribution in [0.15, 0.2) is 54.6 Å². The fourth-order valence-corrected chi connectivity index (χ4v) is 3.97. The Kier molecular flexibility index (Phi) is 3.96. The number of anilines is 1. The molecule has 0 aromatic heterocycles. The van der Waals surface area contributed by atoms with Crippen LogP contribution in [0.4, 0.5) is 5.69 Å². The summed E-state index contributed by atoms with van der Waals surface area (Å²) < 4.78 is 10.2. The first-order chi connectivity index (χ1) is 12.2. The van der Waals surface area contributed by atoms with Gasteiger partial charge in [0, 0.05) is 11.6 Å². The smallest absolute Gasteiger partial charge is 0.337 e. The second kappa shape index (κ2) is 6.28. The Morgan fingerprint density at radius 3 is 2.64 bits per heavy atom. The number of hydrogen-bond donors (Lipinski definition) is 1. The fourth-order valence-electron chi connectivity index (χ4n) is 3.97. The van der Waals surface area contributed by atoms with Crippen molar-refractivity contribution in [1.82, 2.24) is 0 Å². The van der Waals surface area contributed by atoms with Gasteiger partial charge in [-0.1, -0.05) is 24.3 Å². The molecule has 0 fully saturated rings. The number of methoxy groups -OCH3 is 2. The highest BCUT2D eigenvalue weighted by Gasteiger charge is 2.38. The zero-order chi connectivity index (χ0) is 17.4. The fraction of sp³-hybridized carbons (Fsp3) is 0.286. The van der Waals surface area contributed by atoms with Gasteiger partial charge in [0.15, 0.2) is 0 Å². The van der Waals surface area contributed by atoms with Crippen molar-refractivity contribution in [3.8, 4) is 5.75 Å². The lowest BCUT2D eigenvalue weighted by Crippen LogP contribution is -2.29. The molecular formula is C21H21NO3. The van der Waals surface area contributed by atoms with Crippen molar-refractivity contribution in [2.24, 2.45) is 5.92 Å². The van der Waals surface area contributed by atoms with Gasteiger partial charge in [-0.2, -0.15) is 0 Å². The molecule has 128 valence electrons. The first-order valence-corrected chi connectivity index (χ1v) is 8.50. The molecule has 4 heteroatoms. The lowest BCUT2D eigenvalue weighted by molar-refractivity contribution is 0.0600. The van der Waals surface area contributed by atoms with Gasteiger partial charge in [0.1, 0.15) is 5.75 Å². The van der Waals surface area contributed by atoms with E-state index in [2.05, 4.69) is 29.6 Å². The van der Waals surface area contributed by atoms with Gasteiger partial charge in [-0.05, 0) is 53.8 Å². The summed E-state index contributed by atoms with van der Waals surface area (Å²) in [6, 6.07) is 14.1. The van der Waals surface area contributed by atoms with Crippen LogP contribution in [-0.4, -0.2) is 20.2 Å². The number of carbonyl (C=O) groups excluding carboxylic acids is 1. The van der Waals surface area contributed by atoms with Gasteiger partial charge >= 0.3 is 5.97 Å². The van der Waals surface area contributed by atoms with Gasteiger partial charge in [0.25, 0.3) is 0 Å². The normalized spacial score (nSPS) is 23.4. The van der Waals surface area contributed by atoms with Crippen molar-refractivity contribution >= 4 is 11.7 Å². The first kappa shape index (κ1) is 15.8. The molecule has 0 amide bonds. The number of rotatable bonds is 3. The third-order valence-corrected chi connectivity index (χ3v) is 5.26. The number of carbonyl (C=O) groups is 1. The van der Waals surface area contributed by atoms with E-state index in [0.717, 1.165) is 17.9 Å². The highest BCUT2D eigenvalue weighted by molar-refractivity contribution is 5.89. The second-order valence-corrected chi connectivity index (χ2v) is 6.54. The van der Waals surface area contributed by atoms with Crippen LogP contribution >= 0.6 is 0 Å². The molecule has 4 rings (SSSR count). The summed E-state index contributed by atoms with van der Waals surface area (Å²) in [6.45, 7) is 0. The molecule has 0 spiro atoms. The van der Waals surface area contributed by atoms with Crippen LogP contribution in [0, 0.1) is 5.92 Å². The number of ether oxygens (including phenoxy) is 2. The predicted molar refractivity (Wildman–Crippen MR) is 97.1 cm³/mol. The molecule has 1 aliphatic heterocycles. The van der Waals surface area contributed by atoms with Gasteiger partial charge < -0.3 is 14.8 Å². The minimum atomic E-state index is -0.305. The van der Waals surface area contributed by atoms with E-state index in [-0.39, 0.29) is 12.0 Å². The lowest BCUT2D eigenvalue weighted by Gasteiger charge is -2.37. The minimum absolute atomic E-state index is 0.215. The van der Waals surface area contributed by atoms with Gasteiger partial charge in [-0.3, -0.25) is 0 Å². The molecule has 2 aromatic carbocycles. The van der Waals surface area contributed by atoms with Crippen molar-refractivity contribution in [3.05, 3.63) is 71.3 Å². The van der Waals surface area contributed by atoms with Crippen LogP contribution in [-0.2, 0) is 4.74 Å². The maximum Gasteiger partial charge on any atom is 0.337 e. The Hall–Kier alpha value is -2.75. The average molecular weight is 335 g/mol. The topological polar surface area (TPSA) is 47.6 Å². The average Bonchev–Trinajstić information content (AvgIpc) is 3.16. The predicted octanol–water partition coefficient (Wildman–Crippen LogP) is 4.31.